The third-order valence-electron chi connectivity index (χ3n) is 3.24. The zero-order valence-electron chi connectivity index (χ0n) is 9.49. The largest absolute Gasteiger partial charge is 0.316 e. The first-order valence-electron chi connectivity index (χ1n) is 5.97. The lowest BCUT2D eigenvalue weighted by atomic mass is 9.99. The van der Waals surface area contributed by atoms with Gasteiger partial charge in [-0.25, -0.2) is 9.97 Å². The molecule has 0 radical (unpaired) electrons. The van der Waals surface area contributed by atoms with E-state index < -0.39 is 0 Å². The molecule has 1 N–H and O–H groups in total. The highest BCUT2D eigenvalue weighted by atomic mass is 35.5. The minimum atomic E-state index is 0.394. The maximum Gasteiger partial charge on any atom is 0.140 e. The molecule has 1 aliphatic rings. The van der Waals surface area contributed by atoms with Crippen molar-refractivity contribution in [3.05, 3.63) is 35.2 Å². The van der Waals surface area contributed by atoms with Crippen LogP contribution in [0.5, 0.6) is 0 Å². The van der Waals surface area contributed by atoms with Gasteiger partial charge in [-0.2, -0.15) is 0 Å². The number of halogens is 1. The van der Waals surface area contributed by atoms with Gasteiger partial charge in [0.15, 0.2) is 0 Å². The molecule has 1 aromatic heterocycles. The Bertz CT molecular complexity index is 535. The summed E-state index contributed by atoms with van der Waals surface area (Å²) in [7, 11) is 0. The zero-order valence-corrected chi connectivity index (χ0v) is 10.2. The highest BCUT2D eigenvalue weighted by Gasteiger charge is 2.19. The quantitative estimate of drug-likeness (QED) is 0.788. The predicted octanol–water partition coefficient (Wildman–Crippen LogP) is 2.75. The van der Waals surface area contributed by atoms with E-state index in [-0.39, 0.29) is 0 Å². The Morgan fingerprint density at radius 3 is 2.94 bits per heavy atom. The monoisotopic (exact) mass is 247 g/mol. The minimum absolute atomic E-state index is 0.394. The van der Waals surface area contributed by atoms with E-state index in [1.165, 1.54) is 6.42 Å². The van der Waals surface area contributed by atoms with Gasteiger partial charge in [-0.05, 0) is 31.5 Å². The highest BCUT2D eigenvalue weighted by Crippen LogP contribution is 2.25. The molecule has 2 heterocycles. The van der Waals surface area contributed by atoms with Crippen LogP contribution in [0.15, 0.2) is 24.3 Å². The molecule has 0 bridgehead atoms. The fraction of sp³-hybridized carbons (Fsp3) is 0.385. The van der Waals surface area contributed by atoms with Crippen molar-refractivity contribution in [3.8, 4) is 0 Å². The Labute approximate surface area is 105 Å². The number of nitrogens with zero attached hydrogens (tertiary/aromatic N) is 2. The maximum atomic E-state index is 6.21. The van der Waals surface area contributed by atoms with Gasteiger partial charge in [0.1, 0.15) is 11.0 Å². The number of piperidine rings is 1. The van der Waals surface area contributed by atoms with Gasteiger partial charge in [-0.3, -0.25) is 0 Å². The molecular formula is C13H14ClN3. The van der Waals surface area contributed by atoms with Crippen LogP contribution in [0.2, 0.25) is 5.15 Å². The number of fused-ring (bicyclic) bond motifs is 1. The van der Waals surface area contributed by atoms with Gasteiger partial charge >= 0.3 is 0 Å². The summed E-state index contributed by atoms with van der Waals surface area (Å²) >= 11 is 6.21. The molecule has 4 heteroatoms. The molecule has 1 atom stereocenters. The third-order valence-corrected chi connectivity index (χ3v) is 3.52. The topological polar surface area (TPSA) is 37.8 Å². The molecule has 2 aromatic rings. The fourth-order valence-electron chi connectivity index (χ4n) is 2.31. The lowest BCUT2D eigenvalue weighted by Gasteiger charge is -2.21. The molecule has 3 rings (SSSR count). The van der Waals surface area contributed by atoms with Gasteiger partial charge in [0.2, 0.25) is 0 Å². The molecule has 0 spiro atoms. The Morgan fingerprint density at radius 2 is 2.12 bits per heavy atom. The van der Waals surface area contributed by atoms with Crippen molar-refractivity contribution in [3.63, 3.8) is 0 Å². The van der Waals surface area contributed by atoms with Gasteiger partial charge in [0.05, 0.1) is 5.52 Å². The summed E-state index contributed by atoms with van der Waals surface area (Å²) in [4.78, 5) is 9.06. The van der Waals surface area contributed by atoms with E-state index >= 15 is 0 Å². The number of rotatable bonds is 1. The van der Waals surface area contributed by atoms with E-state index in [1.54, 1.807) is 0 Å². The molecule has 88 valence electrons. The summed E-state index contributed by atoms with van der Waals surface area (Å²) < 4.78 is 0. The Kier molecular flexibility index (Phi) is 2.95. The van der Waals surface area contributed by atoms with E-state index in [4.69, 9.17) is 11.6 Å². The molecule has 3 nitrogen and oxygen atoms in total. The molecule has 1 fully saturated rings. The van der Waals surface area contributed by atoms with Crippen molar-refractivity contribution < 1.29 is 0 Å². The summed E-state index contributed by atoms with van der Waals surface area (Å²) in [5.41, 5.74) is 0.938. The summed E-state index contributed by atoms with van der Waals surface area (Å²) in [6.45, 7) is 2.05. The van der Waals surface area contributed by atoms with E-state index in [2.05, 4.69) is 15.3 Å². The number of hydrogen-bond acceptors (Lipinski definition) is 3. The second kappa shape index (κ2) is 4.59. The predicted molar refractivity (Wildman–Crippen MR) is 69.4 cm³/mol. The lowest BCUT2D eigenvalue weighted by Crippen LogP contribution is -2.29. The maximum absolute atomic E-state index is 6.21. The normalized spacial score (nSPS) is 20.6. The summed E-state index contributed by atoms with van der Waals surface area (Å²) in [6, 6.07) is 7.89. The van der Waals surface area contributed by atoms with Crippen LogP contribution in [0.3, 0.4) is 0 Å². The van der Waals surface area contributed by atoms with Crippen molar-refractivity contribution in [1.82, 2.24) is 15.3 Å². The second-order valence-electron chi connectivity index (χ2n) is 4.43. The van der Waals surface area contributed by atoms with Crippen LogP contribution in [-0.4, -0.2) is 23.1 Å². The summed E-state index contributed by atoms with van der Waals surface area (Å²) in [5, 5.41) is 4.88. The van der Waals surface area contributed by atoms with Crippen LogP contribution >= 0.6 is 11.6 Å². The van der Waals surface area contributed by atoms with Gasteiger partial charge in [0.25, 0.3) is 0 Å². The van der Waals surface area contributed by atoms with Crippen molar-refractivity contribution in [2.75, 3.05) is 13.1 Å². The van der Waals surface area contributed by atoms with Gasteiger partial charge in [0, 0.05) is 17.8 Å². The molecular weight excluding hydrogens is 234 g/mol. The van der Waals surface area contributed by atoms with Gasteiger partial charge < -0.3 is 5.32 Å². The Hall–Kier alpha value is -1.19. The average Bonchev–Trinajstić information content (AvgIpc) is 2.40. The number of benzene rings is 1. The van der Waals surface area contributed by atoms with E-state index in [0.717, 1.165) is 36.2 Å². The molecule has 0 aliphatic carbocycles. The van der Waals surface area contributed by atoms with E-state index in [1.807, 2.05) is 24.3 Å². The molecule has 1 saturated heterocycles. The Balaban J connectivity index is 2.05. The molecule has 1 aliphatic heterocycles. The first-order chi connectivity index (χ1) is 8.34. The van der Waals surface area contributed by atoms with Crippen molar-refractivity contribution in [2.45, 2.75) is 18.8 Å². The van der Waals surface area contributed by atoms with Crippen molar-refractivity contribution >= 4 is 22.5 Å². The molecule has 17 heavy (non-hydrogen) atoms. The van der Waals surface area contributed by atoms with Gasteiger partial charge in [-0.15, -0.1) is 0 Å². The lowest BCUT2D eigenvalue weighted by molar-refractivity contribution is 0.447. The van der Waals surface area contributed by atoms with E-state index in [9.17, 15) is 0 Å². The molecule has 0 saturated carbocycles. The molecule has 0 amide bonds. The zero-order chi connectivity index (χ0) is 11.7. The van der Waals surface area contributed by atoms with Crippen LogP contribution in [0.4, 0.5) is 0 Å². The number of para-hydroxylation sites is 1. The number of hydrogen-bond donors (Lipinski definition) is 1. The molecule has 1 aromatic carbocycles. The van der Waals surface area contributed by atoms with Crippen LogP contribution in [0.1, 0.15) is 24.6 Å². The average molecular weight is 248 g/mol. The van der Waals surface area contributed by atoms with Crippen LogP contribution < -0.4 is 5.32 Å². The third kappa shape index (κ3) is 2.13. The van der Waals surface area contributed by atoms with Crippen molar-refractivity contribution in [1.29, 1.82) is 0 Å². The minimum Gasteiger partial charge on any atom is -0.316 e. The van der Waals surface area contributed by atoms with Gasteiger partial charge in [-0.1, -0.05) is 23.7 Å². The van der Waals surface area contributed by atoms with E-state index in [0.29, 0.717) is 11.1 Å². The molecule has 1 unspecified atom stereocenters. The smallest absolute Gasteiger partial charge is 0.140 e. The van der Waals surface area contributed by atoms with Crippen LogP contribution in [-0.2, 0) is 0 Å². The fourth-order valence-corrected chi connectivity index (χ4v) is 2.56. The highest BCUT2D eigenvalue weighted by molar-refractivity contribution is 6.34. The first-order valence-corrected chi connectivity index (χ1v) is 6.35. The van der Waals surface area contributed by atoms with Crippen LogP contribution in [0.25, 0.3) is 10.9 Å². The number of aromatic nitrogens is 2. The second-order valence-corrected chi connectivity index (χ2v) is 4.79. The first kappa shape index (κ1) is 10.9. The number of nitrogens with one attached hydrogen (secondary N) is 1. The standard InChI is InChI=1S/C13H14ClN3/c14-12-10-5-1-2-6-11(10)16-13(17-12)9-4-3-7-15-8-9/h1-2,5-6,9,15H,3-4,7-8H2. The van der Waals surface area contributed by atoms with Crippen molar-refractivity contribution in [2.24, 2.45) is 0 Å². The summed E-state index contributed by atoms with van der Waals surface area (Å²) in [5.74, 6) is 1.27. The Morgan fingerprint density at radius 1 is 1.24 bits per heavy atom. The van der Waals surface area contributed by atoms with Crippen LogP contribution in [0, 0.1) is 0 Å². The summed E-state index contributed by atoms with van der Waals surface area (Å²) in [6.07, 6.45) is 2.32. The SMILES string of the molecule is Clc1nc(C2CCCNC2)nc2ccccc12.